The summed E-state index contributed by atoms with van der Waals surface area (Å²) in [5.74, 6) is -0.0200. The van der Waals surface area contributed by atoms with Gasteiger partial charge in [0.2, 0.25) is 0 Å². The van der Waals surface area contributed by atoms with E-state index in [4.69, 9.17) is 0 Å². The molecule has 2 aromatic rings. The molecule has 1 saturated heterocycles. The maximum absolute atomic E-state index is 12.4. The van der Waals surface area contributed by atoms with Crippen molar-refractivity contribution < 1.29 is 4.79 Å². The van der Waals surface area contributed by atoms with Crippen LogP contribution < -0.4 is 5.32 Å². The summed E-state index contributed by atoms with van der Waals surface area (Å²) in [5.41, 5.74) is 1.44. The zero-order valence-corrected chi connectivity index (χ0v) is 12.7. The van der Waals surface area contributed by atoms with Crippen LogP contribution in [0.25, 0.3) is 5.69 Å². The van der Waals surface area contributed by atoms with Crippen LogP contribution in [0.3, 0.4) is 0 Å². The molecule has 1 aliphatic heterocycles. The summed E-state index contributed by atoms with van der Waals surface area (Å²) in [6.45, 7) is 1.84. The molecule has 112 valence electrons. The number of benzene rings is 1. The Labute approximate surface area is 130 Å². The number of aromatic nitrogens is 2. The first-order chi connectivity index (χ1) is 9.75. The van der Waals surface area contributed by atoms with E-state index in [1.807, 2.05) is 43.6 Å². The third kappa shape index (κ3) is 3.25. The number of rotatable bonds is 3. The summed E-state index contributed by atoms with van der Waals surface area (Å²) in [6.07, 6.45) is 2.82. The van der Waals surface area contributed by atoms with Gasteiger partial charge in [0.05, 0.1) is 5.69 Å². The van der Waals surface area contributed by atoms with Gasteiger partial charge in [-0.25, -0.2) is 4.68 Å². The molecule has 1 amide bonds. The van der Waals surface area contributed by atoms with Crippen molar-refractivity contribution in [2.24, 2.45) is 0 Å². The first-order valence-corrected chi connectivity index (χ1v) is 6.84. The molecular formula is C15H19ClN4O. The van der Waals surface area contributed by atoms with Crippen LogP contribution in [0, 0.1) is 0 Å². The molecule has 1 aromatic heterocycles. The van der Waals surface area contributed by atoms with Gasteiger partial charge in [0, 0.05) is 25.8 Å². The first-order valence-electron chi connectivity index (χ1n) is 6.84. The maximum atomic E-state index is 12.4. The molecule has 0 spiro atoms. The van der Waals surface area contributed by atoms with E-state index in [2.05, 4.69) is 10.4 Å². The molecule has 1 N–H and O–H groups in total. The predicted molar refractivity (Wildman–Crippen MR) is 84.2 cm³/mol. The number of hydrogen-bond acceptors (Lipinski definition) is 3. The topological polar surface area (TPSA) is 50.2 Å². The Morgan fingerprint density at radius 2 is 2.10 bits per heavy atom. The molecular weight excluding hydrogens is 288 g/mol. The molecule has 21 heavy (non-hydrogen) atoms. The number of halogens is 1. The highest BCUT2D eigenvalue weighted by atomic mass is 35.5. The lowest BCUT2D eigenvalue weighted by Crippen LogP contribution is -2.38. The molecule has 0 bridgehead atoms. The molecule has 6 heteroatoms. The van der Waals surface area contributed by atoms with Crippen molar-refractivity contribution in [3.05, 3.63) is 48.3 Å². The van der Waals surface area contributed by atoms with E-state index < -0.39 is 0 Å². The maximum Gasteiger partial charge on any atom is 0.274 e. The average Bonchev–Trinajstić information content (AvgIpc) is 3.18. The highest BCUT2D eigenvalue weighted by Crippen LogP contribution is 2.12. The molecule has 1 unspecified atom stereocenters. The minimum Gasteiger partial charge on any atom is -0.336 e. The van der Waals surface area contributed by atoms with Crippen LogP contribution in [0.4, 0.5) is 0 Å². The number of nitrogens with zero attached hydrogens (tertiary/aromatic N) is 3. The lowest BCUT2D eigenvalue weighted by molar-refractivity contribution is 0.0737. The van der Waals surface area contributed by atoms with E-state index in [-0.39, 0.29) is 24.4 Å². The number of likely N-dealkylation sites (N-methyl/N-ethyl adjacent to an activating group) is 1. The number of amides is 1. The Morgan fingerprint density at radius 1 is 1.33 bits per heavy atom. The fourth-order valence-corrected chi connectivity index (χ4v) is 2.48. The van der Waals surface area contributed by atoms with Crippen molar-refractivity contribution in [3.8, 4) is 5.69 Å². The van der Waals surface area contributed by atoms with Crippen molar-refractivity contribution in [3.63, 3.8) is 0 Å². The lowest BCUT2D eigenvalue weighted by atomic mass is 10.2. The number of carbonyl (C=O) groups excluding carboxylic acids is 1. The number of carbonyl (C=O) groups is 1. The fraction of sp³-hybridized carbons (Fsp3) is 0.333. The molecule has 0 saturated carbocycles. The number of para-hydroxylation sites is 1. The van der Waals surface area contributed by atoms with E-state index in [1.165, 1.54) is 0 Å². The second kappa shape index (κ2) is 6.74. The van der Waals surface area contributed by atoms with Crippen LogP contribution in [0.5, 0.6) is 0 Å². The van der Waals surface area contributed by atoms with Gasteiger partial charge < -0.3 is 10.2 Å². The highest BCUT2D eigenvalue weighted by Gasteiger charge is 2.25. The van der Waals surface area contributed by atoms with Gasteiger partial charge in [-0.3, -0.25) is 4.79 Å². The Morgan fingerprint density at radius 3 is 2.76 bits per heavy atom. The predicted octanol–water partition coefficient (Wildman–Crippen LogP) is 1.73. The van der Waals surface area contributed by atoms with Crippen LogP contribution in [0.1, 0.15) is 16.9 Å². The lowest BCUT2D eigenvalue weighted by Gasteiger charge is -2.22. The van der Waals surface area contributed by atoms with Crippen molar-refractivity contribution in [2.45, 2.75) is 12.5 Å². The van der Waals surface area contributed by atoms with Crippen molar-refractivity contribution in [1.82, 2.24) is 20.0 Å². The molecule has 3 rings (SSSR count). The molecule has 1 aromatic carbocycles. The van der Waals surface area contributed by atoms with E-state index in [0.717, 1.165) is 25.2 Å². The van der Waals surface area contributed by atoms with Gasteiger partial charge in [-0.1, -0.05) is 18.2 Å². The van der Waals surface area contributed by atoms with Gasteiger partial charge in [-0.05, 0) is 31.2 Å². The van der Waals surface area contributed by atoms with E-state index in [0.29, 0.717) is 5.69 Å². The Bertz CT molecular complexity index is 593. The first kappa shape index (κ1) is 15.5. The van der Waals surface area contributed by atoms with Crippen molar-refractivity contribution in [2.75, 3.05) is 20.1 Å². The SMILES string of the molecule is CN(C(=O)c1ccn(-c2ccccc2)n1)C1CCNC1.Cl. The third-order valence-electron chi connectivity index (χ3n) is 3.73. The summed E-state index contributed by atoms with van der Waals surface area (Å²) >= 11 is 0. The van der Waals surface area contributed by atoms with Gasteiger partial charge in [-0.15, -0.1) is 12.4 Å². The largest absolute Gasteiger partial charge is 0.336 e. The quantitative estimate of drug-likeness (QED) is 0.939. The summed E-state index contributed by atoms with van der Waals surface area (Å²) in [5, 5.41) is 7.65. The second-order valence-corrected chi connectivity index (χ2v) is 5.04. The van der Waals surface area contributed by atoms with Crippen LogP contribution in [-0.2, 0) is 0 Å². The monoisotopic (exact) mass is 306 g/mol. The summed E-state index contributed by atoms with van der Waals surface area (Å²) in [6, 6.07) is 11.8. The minimum absolute atomic E-state index is 0. The molecule has 0 aliphatic carbocycles. The second-order valence-electron chi connectivity index (χ2n) is 5.04. The van der Waals surface area contributed by atoms with E-state index in [1.54, 1.807) is 15.6 Å². The van der Waals surface area contributed by atoms with Crippen LogP contribution in [0.15, 0.2) is 42.6 Å². The Kier molecular flexibility index (Phi) is 4.98. The third-order valence-corrected chi connectivity index (χ3v) is 3.73. The zero-order chi connectivity index (χ0) is 13.9. The van der Waals surface area contributed by atoms with Crippen LogP contribution >= 0.6 is 12.4 Å². The summed E-state index contributed by atoms with van der Waals surface area (Å²) < 4.78 is 1.73. The normalized spacial score (nSPS) is 17.3. The molecule has 1 aliphatic rings. The van der Waals surface area contributed by atoms with Crippen molar-refractivity contribution >= 4 is 18.3 Å². The van der Waals surface area contributed by atoms with E-state index in [9.17, 15) is 4.79 Å². The van der Waals surface area contributed by atoms with Gasteiger partial charge in [0.15, 0.2) is 5.69 Å². The fourth-order valence-electron chi connectivity index (χ4n) is 2.48. The van der Waals surface area contributed by atoms with Gasteiger partial charge in [0.1, 0.15) is 0 Å². The Balaban J connectivity index is 0.00000161. The van der Waals surface area contributed by atoms with Gasteiger partial charge in [0.25, 0.3) is 5.91 Å². The number of nitrogens with one attached hydrogen (secondary N) is 1. The van der Waals surface area contributed by atoms with Gasteiger partial charge >= 0.3 is 0 Å². The molecule has 5 nitrogen and oxygen atoms in total. The standard InChI is InChI=1S/C15H18N4O.ClH/c1-18(13-7-9-16-11-13)15(20)14-8-10-19(17-14)12-5-3-2-4-6-12;/h2-6,8,10,13,16H,7,9,11H2,1H3;1H. The van der Waals surface area contributed by atoms with Gasteiger partial charge in [-0.2, -0.15) is 5.10 Å². The summed E-state index contributed by atoms with van der Waals surface area (Å²) in [4.78, 5) is 14.2. The zero-order valence-electron chi connectivity index (χ0n) is 11.9. The smallest absolute Gasteiger partial charge is 0.274 e. The molecule has 0 radical (unpaired) electrons. The van der Waals surface area contributed by atoms with E-state index >= 15 is 0 Å². The molecule has 1 atom stereocenters. The number of hydrogen-bond donors (Lipinski definition) is 1. The molecule has 1 fully saturated rings. The van der Waals surface area contributed by atoms with Crippen LogP contribution in [0.2, 0.25) is 0 Å². The van der Waals surface area contributed by atoms with Crippen LogP contribution in [-0.4, -0.2) is 46.8 Å². The average molecular weight is 307 g/mol. The molecule has 2 heterocycles. The minimum atomic E-state index is -0.0200. The highest BCUT2D eigenvalue weighted by molar-refractivity contribution is 5.92. The Hall–Kier alpha value is -1.85. The summed E-state index contributed by atoms with van der Waals surface area (Å²) in [7, 11) is 1.85. The van der Waals surface area contributed by atoms with Crippen molar-refractivity contribution in [1.29, 1.82) is 0 Å².